The molecule has 3 N–H and O–H groups in total. The first-order valence-electron chi connectivity index (χ1n) is 11.7. The largest absolute Gasteiger partial charge is 0.444 e. The predicted octanol–water partition coefficient (Wildman–Crippen LogP) is 3.55. The van der Waals surface area contributed by atoms with E-state index in [1.807, 2.05) is 30.3 Å². The van der Waals surface area contributed by atoms with Gasteiger partial charge in [-0.15, -0.1) is 0 Å². The van der Waals surface area contributed by atoms with Crippen molar-refractivity contribution >= 4 is 29.2 Å². The van der Waals surface area contributed by atoms with Gasteiger partial charge in [-0.2, -0.15) is 0 Å². The van der Waals surface area contributed by atoms with Gasteiger partial charge in [0.15, 0.2) is 0 Å². The van der Waals surface area contributed by atoms with E-state index < -0.39 is 0 Å². The number of nitrogen functional groups attached to an aromatic ring is 1. The van der Waals surface area contributed by atoms with Crippen LogP contribution in [0.25, 0.3) is 0 Å². The lowest BCUT2D eigenvalue weighted by Crippen LogP contribution is -2.34. The number of carbonyl (C=O) groups excluding carboxylic acids is 2. The fourth-order valence-electron chi connectivity index (χ4n) is 4.79. The average molecular weight is 473 g/mol. The van der Waals surface area contributed by atoms with Crippen LogP contribution in [0, 0.1) is 5.41 Å². The molecular weight excluding hydrogens is 444 g/mol. The molecule has 2 aliphatic heterocycles. The highest BCUT2D eigenvalue weighted by molar-refractivity contribution is 6.05. The molecule has 1 aromatic carbocycles. The number of benzene rings is 1. The monoisotopic (exact) mass is 472 g/mol. The van der Waals surface area contributed by atoms with Crippen LogP contribution in [0.4, 0.5) is 22.0 Å². The molecule has 0 radical (unpaired) electrons. The van der Waals surface area contributed by atoms with E-state index in [2.05, 4.69) is 20.2 Å². The zero-order valence-corrected chi connectivity index (χ0v) is 19.4. The van der Waals surface area contributed by atoms with Crippen molar-refractivity contribution in [2.75, 3.05) is 42.1 Å². The number of nitrogens with two attached hydrogens (primary N) is 1. The third kappa shape index (κ3) is 5.03. The summed E-state index contributed by atoms with van der Waals surface area (Å²) in [7, 11) is 0. The minimum absolute atomic E-state index is 0.0376. The Morgan fingerprint density at radius 1 is 1.03 bits per heavy atom. The van der Waals surface area contributed by atoms with E-state index in [-0.39, 0.29) is 24.0 Å². The van der Waals surface area contributed by atoms with Crippen LogP contribution in [0.1, 0.15) is 28.8 Å². The minimum atomic E-state index is -0.281. The lowest BCUT2D eigenvalue weighted by Gasteiger charge is -2.25. The standard InChI is InChI=1S/C26H28N6O3/c27-21-5-1-2-6-22(21)30-24(33)20-7-8-23(29-15-20)31-12-9-26(17-31)10-13-32(18-26)25(34)35-16-19-4-3-11-28-14-19/h1-8,11,14-15H,9-10,12-13,16-18,27H2,(H,30,33). The number of para-hydroxylation sites is 2. The Labute approximate surface area is 203 Å². The molecule has 1 unspecified atom stereocenters. The zero-order valence-electron chi connectivity index (χ0n) is 19.4. The molecular formula is C26H28N6O3. The molecule has 1 atom stereocenters. The highest BCUT2D eigenvalue weighted by atomic mass is 16.6. The molecule has 2 aliphatic rings. The maximum absolute atomic E-state index is 12.6. The van der Waals surface area contributed by atoms with Crippen LogP contribution in [-0.2, 0) is 11.3 Å². The summed E-state index contributed by atoms with van der Waals surface area (Å²) in [6.07, 6.45) is 6.62. The van der Waals surface area contributed by atoms with Crippen LogP contribution in [-0.4, -0.2) is 53.0 Å². The van der Waals surface area contributed by atoms with Crippen molar-refractivity contribution in [3.05, 3.63) is 78.2 Å². The second-order valence-corrected chi connectivity index (χ2v) is 9.21. The fourth-order valence-corrected chi connectivity index (χ4v) is 4.79. The van der Waals surface area contributed by atoms with E-state index in [1.165, 1.54) is 0 Å². The van der Waals surface area contributed by atoms with Crippen LogP contribution in [0.15, 0.2) is 67.1 Å². The van der Waals surface area contributed by atoms with Crippen molar-refractivity contribution in [1.82, 2.24) is 14.9 Å². The van der Waals surface area contributed by atoms with Gasteiger partial charge in [0.05, 0.1) is 16.9 Å². The van der Waals surface area contributed by atoms with Crippen LogP contribution in [0.3, 0.4) is 0 Å². The van der Waals surface area contributed by atoms with Crippen molar-refractivity contribution in [3.8, 4) is 0 Å². The zero-order chi connectivity index (χ0) is 24.3. The molecule has 180 valence electrons. The maximum Gasteiger partial charge on any atom is 0.410 e. The number of aromatic nitrogens is 2. The number of nitrogens with one attached hydrogen (secondary N) is 1. The van der Waals surface area contributed by atoms with Gasteiger partial charge in [0.2, 0.25) is 0 Å². The molecule has 35 heavy (non-hydrogen) atoms. The van der Waals surface area contributed by atoms with Crippen molar-refractivity contribution in [1.29, 1.82) is 0 Å². The lowest BCUT2D eigenvalue weighted by molar-refractivity contribution is 0.100. The minimum Gasteiger partial charge on any atom is -0.444 e. The summed E-state index contributed by atoms with van der Waals surface area (Å²) in [5.41, 5.74) is 8.38. The Morgan fingerprint density at radius 3 is 2.66 bits per heavy atom. The highest BCUT2D eigenvalue weighted by Gasteiger charge is 2.45. The van der Waals surface area contributed by atoms with Gasteiger partial charge in [-0.3, -0.25) is 9.78 Å². The highest BCUT2D eigenvalue weighted by Crippen LogP contribution is 2.41. The number of ether oxygens (including phenoxy) is 1. The summed E-state index contributed by atoms with van der Waals surface area (Å²) in [6.45, 7) is 3.27. The Kier molecular flexibility index (Phi) is 6.22. The number of carbonyl (C=O) groups is 2. The smallest absolute Gasteiger partial charge is 0.410 e. The van der Waals surface area contributed by atoms with Gasteiger partial charge in [0, 0.05) is 55.7 Å². The molecule has 0 aliphatic carbocycles. The molecule has 2 aromatic heterocycles. The quantitative estimate of drug-likeness (QED) is 0.546. The topological polar surface area (TPSA) is 114 Å². The third-order valence-electron chi connectivity index (χ3n) is 6.76. The fraction of sp³-hybridized carbons (Fsp3) is 0.308. The number of hydrogen-bond donors (Lipinski definition) is 2. The normalized spacial score (nSPS) is 19.2. The van der Waals surface area contributed by atoms with Crippen molar-refractivity contribution in [3.63, 3.8) is 0 Å². The average Bonchev–Trinajstić information content (AvgIpc) is 3.51. The molecule has 0 bridgehead atoms. The molecule has 1 spiro atoms. The number of anilines is 3. The van der Waals surface area contributed by atoms with Crippen LogP contribution >= 0.6 is 0 Å². The number of amides is 2. The van der Waals surface area contributed by atoms with E-state index in [0.717, 1.165) is 37.3 Å². The number of pyridine rings is 2. The second kappa shape index (κ2) is 9.61. The summed E-state index contributed by atoms with van der Waals surface area (Å²) in [5.74, 6) is 0.575. The second-order valence-electron chi connectivity index (χ2n) is 9.21. The van der Waals surface area contributed by atoms with Crippen LogP contribution in [0.2, 0.25) is 0 Å². The maximum atomic E-state index is 12.6. The van der Waals surface area contributed by atoms with E-state index >= 15 is 0 Å². The van der Waals surface area contributed by atoms with E-state index in [9.17, 15) is 9.59 Å². The summed E-state index contributed by atoms with van der Waals surface area (Å²) < 4.78 is 5.49. The molecule has 3 aromatic rings. The van der Waals surface area contributed by atoms with Gasteiger partial charge in [0.1, 0.15) is 12.4 Å². The first-order chi connectivity index (χ1) is 17.0. The number of rotatable bonds is 5. The van der Waals surface area contributed by atoms with Crippen molar-refractivity contribution in [2.45, 2.75) is 19.4 Å². The molecule has 9 nitrogen and oxygen atoms in total. The Bertz CT molecular complexity index is 1200. The first kappa shape index (κ1) is 22.6. The summed E-state index contributed by atoms with van der Waals surface area (Å²) in [4.78, 5) is 37.8. The van der Waals surface area contributed by atoms with E-state index in [0.29, 0.717) is 30.0 Å². The number of likely N-dealkylation sites (tertiary alicyclic amines) is 1. The van der Waals surface area contributed by atoms with Gasteiger partial charge in [0.25, 0.3) is 5.91 Å². The van der Waals surface area contributed by atoms with Crippen LogP contribution < -0.4 is 16.0 Å². The lowest BCUT2D eigenvalue weighted by atomic mass is 9.86. The van der Waals surface area contributed by atoms with Gasteiger partial charge in [-0.25, -0.2) is 9.78 Å². The molecule has 2 saturated heterocycles. The van der Waals surface area contributed by atoms with Crippen molar-refractivity contribution in [2.24, 2.45) is 5.41 Å². The summed E-state index contributed by atoms with van der Waals surface area (Å²) in [6, 6.07) is 14.5. The molecule has 2 fully saturated rings. The molecule has 2 amide bonds. The van der Waals surface area contributed by atoms with Gasteiger partial charge < -0.3 is 25.6 Å². The molecule has 5 rings (SSSR count). The summed E-state index contributed by atoms with van der Waals surface area (Å²) in [5, 5.41) is 2.82. The number of hydrogen-bond acceptors (Lipinski definition) is 7. The Morgan fingerprint density at radius 2 is 1.89 bits per heavy atom. The van der Waals surface area contributed by atoms with Crippen molar-refractivity contribution < 1.29 is 14.3 Å². The van der Waals surface area contributed by atoms with Gasteiger partial charge in [-0.1, -0.05) is 18.2 Å². The molecule has 9 heteroatoms. The predicted molar refractivity (Wildman–Crippen MR) is 133 cm³/mol. The third-order valence-corrected chi connectivity index (χ3v) is 6.76. The molecule has 4 heterocycles. The Hall–Kier alpha value is -4.14. The SMILES string of the molecule is Nc1ccccc1NC(=O)c1ccc(N2CCC3(CCN(C(=O)OCc4cccnc4)C3)C2)nc1. The van der Waals surface area contributed by atoms with Gasteiger partial charge in [-0.05, 0) is 43.2 Å². The van der Waals surface area contributed by atoms with E-state index in [4.69, 9.17) is 10.5 Å². The first-order valence-corrected chi connectivity index (χ1v) is 11.7. The summed E-state index contributed by atoms with van der Waals surface area (Å²) >= 11 is 0. The van der Waals surface area contributed by atoms with Gasteiger partial charge >= 0.3 is 6.09 Å². The van der Waals surface area contributed by atoms with E-state index in [1.54, 1.807) is 41.7 Å². The number of nitrogens with zero attached hydrogens (tertiary/aromatic N) is 4. The Balaban J connectivity index is 1.15. The molecule has 0 saturated carbocycles. The van der Waals surface area contributed by atoms with Crippen LogP contribution in [0.5, 0.6) is 0 Å².